The number of anilines is 1. The molecule has 2 aromatic carbocycles. The Morgan fingerprint density at radius 1 is 0.960 bits per heavy atom. The van der Waals surface area contributed by atoms with Gasteiger partial charge in [-0.2, -0.15) is 0 Å². The zero-order valence-electron chi connectivity index (χ0n) is 13.0. The van der Waals surface area contributed by atoms with Crippen LogP contribution in [0.1, 0.15) is 20.7 Å². The van der Waals surface area contributed by atoms with Gasteiger partial charge in [-0.3, -0.25) is 25.7 Å². The molecule has 0 aliphatic heterocycles. The van der Waals surface area contributed by atoms with Crippen molar-refractivity contribution in [3.8, 4) is 0 Å². The van der Waals surface area contributed by atoms with E-state index in [2.05, 4.69) is 10.7 Å². The number of halogens is 1. The third-order valence-electron chi connectivity index (χ3n) is 3.83. The number of carbonyl (C=O) groups excluding carboxylic acids is 3. The number of fused-ring (bicyclic) bond motifs is 1. The molecule has 7 heteroatoms. The zero-order chi connectivity index (χ0) is 18.0. The number of hydrogen-bond donors (Lipinski definition) is 3. The molecule has 0 saturated heterocycles. The number of carbonyl (C=O) groups is 3. The summed E-state index contributed by atoms with van der Waals surface area (Å²) in [6.07, 6.45) is 0. The number of amides is 1. The quantitative estimate of drug-likeness (QED) is 0.340. The van der Waals surface area contributed by atoms with Crippen LogP contribution in [0, 0.1) is 5.82 Å². The second kappa shape index (κ2) is 6.76. The zero-order valence-corrected chi connectivity index (χ0v) is 13.0. The first-order valence-corrected chi connectivity index (χ1v) is 7.45. The van der Waals surface area contributed by atoms with E-state index in [9.17, 15) is 18.8 Å². The van der Waals surface area contributed by atoms with Gasteiger partial charge in [-0.05, 0) is 24.3 Å². The summed E-state index contributed by atoms with van der Waals surface area (Å²) in [5.74, 6) is 3.17. The largest absolute Gasteiger partial charge is 0.322 e. The number of hydrogen-bond acceptors (Lipinski definition) is 5. The first-order chi connectivity index (χ1) is 12.0. The molecule has 4 N–H and O–H groups in total. The number of ketones is 2. The lowest BCUT2D eigenvalue weighted by molar-refractivity contribution is -0.113. The predicted octanol–water partition coefficient (Wildman–Crippen LogP) is 1.60. The highest BCUT2D eigenvalue weighted by molar-refractivity contribution is 6.41. The summed E-state index contributed by atoms with van der Waals surface area (Å²) in [4.78, 5) is 37.7. The number of nitrogens with two attached hydrogens (primary N) is 1. The third-order valence-corrected chi connectivity index (χ3v) is 3.83. The summed E-state index contributed by atoms with van der Waals surface area (Å²) < 4.78 is 13.0. The van der Waals surface area contributed by atoms with Crippen LogP contribution < -0.4 is 16.6 Å². The number of Topliss-reactive ketones (excluding diaryl/α,β-unsaturated/α-hetero) is 2. The minimum absolute atomic E-state index is 0.0713. The average Bonchev–Trinajstić information content (AvgIpc) is 2.86. The normalized spacial score (nSPS) is 13.0. The van der Waals surface area contributed by atoms with Crippen molar-refractivity contribution in [2.75, 3.05) is 11.9 Å². The van der Waals surface area contributed by atoms with E-state index in [4.69, 9.17) is 5.84 Å². The minimum Gasteiger partial charge on any atom is -0.322 e. The molecule has 0 unspecified atom stereocenters. The molecule has 25 heavy (non-hydrogen) atoms. The van der Waals surface area contributed by atoms with E-state index in [1.807, 2.05) is 0 Å². The van der Waals surface area contributed by atoms with Gasteiger partial charge in [-0.15, -0.1) is 0 Å². The van der Waals surface area contributed by atoms with Gasteiger partial charge < -0.3 is 5.32 Å². The van der Waals surface area contributed by atoms with Crippen molar-refractivity contribution in [1.82, 2.24) is 5.43 Å². The van der Waals surface area contributed by atoms with Crippen LogP contribution in [0.4, 0.5) is 10.1 Å². The molecule has 3 rings (SSSR count). The standard InChI is InChI=1S/C18H14FN3O3/c19-10-5-7-11(8-6-10)22-18(25)14(9-21-20)15-16(23)12-3-1-2-4-13(12)17(15)24/h1-8,21H,9,20H2,(H,22,25). The average molecular weight is 339 g/mol. The van der Waals surface area contributed by atoms with E-state index in [0.717, 1.165) is 0 Å². The van der Waals surface area contributed by atoms with E-state index >= 15 is 0 Å². The molecule has 0 radical (unpaired) electrons. The van der Waals surface area contributed by atoms with E-state index < -0.39 is 23.3 Å². The van der Waals surface area contributed by atoms with Crippen LogP contribution in [0.25, 0.3) is 0 Å². The van der Waals surface area contributed by atoms with Gasteiger partial charge in [0.15, 0.2) is 11.6 Å². The molecule has 6 nitrogen and oxygen atoms in total. The monoisotopic (exact) mass is 339 g/mol. The molecule has 0 aromatic heterocycles. The van der Waals surface area contributed by atoms with Crippen molar-refractivity contribution in [3.63, 3.8) is 0 Å². The molecule has 1 aliphatic rings. The van der Waals surface area contributed by atoms with E-state index in [1.54, 1.807) is 12.1 Å². The molecule has 0 atom stereocenters. The number of nitrogens with one attached hydrogen (secondary N) is 2. The van der Waals surface area contributed by atoms with Gasteiger partial charge >= 0.3 is 0 Å². The van der Waals surface area contributed by atoms with E-state index in [-0.39, 0.29) is 28.8 Å². The van der Waals surface area contributed by atoms with Crippen LogP contribution >= 0.6 is 0 Å². The van der Waals surface area contributed by atoms with Crippen molar-refractivity contribution in [2.24, 2.45) is 5.84 Å². The Balaban J connectivity index is 1.99. The fraction of sp³-hybridized carbons (Fsp3) is 0.0556. The van der Waals surface area contributed by atoms with Gasteiger partial charge in [0.25, 0.3) is 5.91 Å². The summed E-state index contributed by atoms with van der Waals surface area (Å²) in [6.45, 7) is -0.173. The first kappa shape index (κ1) is 16.7. The Hall–Kier alpha value is -3.16. The van der Waals surface area contributed by atoms with Crippen LogP contribution in [-0.2, 0) is 4.79 Å². The second-order valence-electron chi connectivity index (χ2n) is 5.40. The second-order valence-corrected chi connectivity index (χ2v) is 5.40. The summed E-state index contributed by atoms with van der Waals surface area (Å²) in [6, 6.07) is 11.5. The topological polar surface area (TPSA) is 101 Å². The molecule has 0 fully saturated rings. The fourth-order valence-corrected chi connectivity index (χ4v) is 2.65. The Kier molecular flexibility index (Phi) is 4.51. The van der Waals surface area contributed by atoms with Gasteiger partial charge in [0.05, 0.1) is 5.57 Å². The Bertz CT molecular complexity index is 867. The van der Waals surface area contributed by atoms with Crippen LogP contribution in [0.3, 0.4) is 0 Å². The predicted molar refractivity (Wildman–Crippen MR) is 89.3 cm³/mol. The molecule has 0 spiro atoms. The third kappa shape index (κ3) is 3.10. The number of benzene rings is 2. The van der Waals surface area contributed by atoms with Crippen molar-refractivity contribution in [3.05, 3.63) is 76.6 Å². The minimum atomic E-state index is -0.658. The number of hydrazine groups is 1. The van der Waals surface area contributed by atoms with Crippen LogP contribution in [0.15, 0.2) is 59.7 Å². The molecule has 0 heterocycles. The molecule has 126 valence electrons. The Morgan fingerprint density at radius 3 is 2.04 bits per heavy atom. The lowest BCUT2D eigenvalue weighted by Crippen LogP contribution is -2.32. The Morgan fingerprint density at radius 2 is 1.52 bits per heavy atom. The lowest BCUT2D eigenvalue weighted by Gasteiger charge is -2.10. The van der Waals surface area contributed by atoms with Crippen LogP contribution in [0.2, 0.25) is 0 Å². The maximum Gasteiger partial charge on any atom is 0.253 e. The van der Waals surface area contributed by atoms with Gasteiger partial charge in [-0.1, -0.05) is 24.3 Å². The number of allylic oxidation sites excluding steroid dienone is 1. The van der Waals surface area contributed by atoms with Gasteiger partial charge in [-0.25, -0.2) is 4.39 Å². The van der Waals surface area contributed by atoms with Gasteiger partial charge in [0, 0.05) is 28.9 Å². The highest BCUT2D eigenvalue weighted by atomic mass is 19.1. The molecule has 0 bridgehead atoms. The summed E-state index contributed by atoms with van der Waals surface area (Å²) in [5.41, 5.74) is 2.87. The maximum atomic E-state index is 13.0. The first-order valence-electron chi connectivity index (χ1n) is 7.45. The van der Waals surface area contributed by atoms with Gasteiger partial charge in [0.2, 0.25) is 0 Å². The molecular formula is C18H14FN3O3. The summed E-state index contributed by atoms with van der Waals surface area (Å²) in [5, 5.41) is 2.54. The molecule has 0 saturated carbocycles. The molecule has 1 amide bonds. The van der Waals surface area contributed by atoms with Crippen molar-refractivity contribution >= 4 is 23.2 Å². The van der Waals surface area contributed by atoms with Crippen LogP contribution in [-0.4, -0.2) is 24.0 Å². The Labute approximate surface area is 142 Å². The highest BCUT2D eigenvalue weighted by Gasteiger charge is 2.36. The van der Waals surface area contributed by atoms with Crippen molar-refractivity contribution in [1.29, 1.82) is 0 Å². The number of rotatable bonds is 4. The fourth-order valence-electron chi connectivity index (χ4n) is 2.65. The van der Waals surface area contributed by atoms with E-state index in [0.29, 0.717) is 5.69 Å². The van der Waals surface area contributed by atoms with Crippen LogP contribution in [0.5, 0.6) is 0 Å². The lowest BCUT2D eigenvalue weighted by atomic mass is 10.0. The maximum absolute atomic E-state index is 13.0. The molecule has 2 aromatic rings. The highest BCUT2D eigenvalue weighted by Crippen LogP contribution is 2.28. The SMILES string of the molecule is NNCC(C(=O)Nc1ccc(F)cc1)=C1C(=O)c2ccccc2C1=O. The summed E-state index contributed by atoms with van der Waals surface area (Å²) >= 11 is 0. The van der Waals surface area contributed by atoms with Crippen molar-refractivity contribution < 1.29 is 18.8 Å². The van der Waals surface area contributed by atoms with Gasteiger partial charge in [0.1, 0.15) is 5.82 Å². The van der Waals surface area contributed by atoms with Crippen molar-refractivity contribution in [2.45, 2.75) is 0 Å². The summed E-state index contributed by atoms with van der Waals surface area (Å²) in [7, 11) is 0. The molecular weight excluding hydrogens is 325 g/mol. The molecule has 1 aliphatic carbocycles. The smallest absolute Gasteiger partial charge is 0.253 e. The van der Waals surface area contributed by atoms with E-state index in [1.165, 1.54) is 36.4 Å².